The molecule has 0 N–H and O–H groups in total. The predicted octanol–water partition coefficient (Wildman–Crippen LogP) is 2.10. The van der Waals surface area contributed by atoms with Gasteiger partial charge in [-0.15, -0.1) is 0 Å². The van der Waals surface area contributed by atoms with Crippen LogP contribution in [0, 0.1) is 18.2 Å². The van der Waals surface area contributed by atoms with Crippen molar-refractivity contribution in [3.8, 4) is 0 Å². The zero-order valence-electron chi connectivity index (χ0n) is 7.09. The van der Waals surface area contributed by atoms with E-state index >= 15 is 0 Å². The number of halogens is 2. The molecule has 71 valence electrons. The lowest BCUT2D eigenvalue weighted by Gasteiger charge is -2.02. The van der Waals surface area contributed by atoms with Crippen LogP contribution < -0.4 is 0 Å². The molecule has 0 bridgehead atoms. The van der Waals surface area contributed by atoms with E-state index in [2.05, 4.69) is 4.74 Å². The van der Waals surface area contributed by atoms with Crippen molar-refractivity contribution in [3.63, 3.8) is 0 Å². The Morgan fingerprint density at radius 2 is 1.85 bits per heavy atom. The highest BCUT2D eigenvalue weighted by atomic mass is 19.1. The van der Waals surface area contributed by atoms with Crippen molar-refractivity contribution >= 4 is 0 Å². The minimum absolute atomic E-state index is 0.0537. The molecule has 0 aliphatic heterocycles. The molecule has 1 aromatic carbocycles. The van der Waals surface area contributed by atoms with Crippen LogP contribution in [0.5, 0.6) is 0 Å². The molecule has 0 spiro atoms. The Morgan fingerprint density at radius 3 is 2.38 bits per heavy atom. The minimum Gasteiger partial charge on any atom is -0.359 e. The maximum atomic E-state index is 12.6. The molecule has 0 unspecified atom stereocenters. The summed E-state index contributed by atoms with van der Waals surface area (Å²) in [5, 5.41) is 0. The second-order valence-electron chi connectivity index (χ2n) is 2.39. The van der Waals surface area contributed by atoms with Crippen molar-refractivity contribution < 1.29 is 18.3 Å². The van der Waals surface area contributed by atoms with E-state index in [1.54, 1.807) is 0 Å². The molecule has 1 rings (SSSR count). The molecule has 0 atom stereocenters. The largest absolute Gasteiger partial charge is 0.359 e. The first-order chi connectivity index (χ1) is 6.22. The molecule has 4 heteroatoms. The van der Waals surface area contributed by atoms with Crippen molar-refractivity contribution in [1.29, 1.82) is 0 Å². The Morgan fingerprint density at radius 1 is 1.23 bits per heavy atom. The Bertz CT molecular complexity index is 256. The van der Waals surface area contributed by atoms with Crippen molar-refractivity contribution in [2.45, 2.75) is 0 Å². The molecule has 13 heavy (non-hydrogen) atoms. The molecule has 0 heterocycles. The zero-order valence-corrected chi connectivity index (χ0v) is 7.09. The van der Waals surface area contributed by atoms with Crippen molar-refractivity contribution in [1.82, 2.24) is 0 Å². The van der Waals surface area contributed by atoms with Crippen LogP contribution in [-0.2, 0) is 9.47 Å². The van der Waals surface area contributed by atoms with E-state index in [0.29, 0.717) is 5.56 Å². The first-order valence-electron chi connectivity index (χ1n) is 3.62. The number of benzene rings is 1. The summed E-state index contributed by atoms with van der Waals surface area (Å²) in [4.78, 5) is 0. The van der Waals surface area contributed by atoms with Gasteiger partial charge in [0.2, 0.25) is 0 Å². The summed E-state index contributed by atoms with van der Waals surface area (Å²) in [7, 11) is 1.46. The summed E-state index contributed by atoms with van der Waals surface area (Å²) < 4.78 is 34.6. The zero-order chi connectivity index (χ0) is 9.68. The van der Waals surface area contributed by atoms with Crippen LogP contribution in [0.2, 0.25) is 0 Å². The molecule has 0 saturated heterocycles. The smallest absolute Gasteiger partial charge is 0.147 e. The van der Waals surface area contributed by atoms with Gasteiger partial charge >= 0.3 is 0 Å². The first-order valence-corrected chi connectivity index (χ1v) is 3.62. The van der Waals surface area contributed by atoms with E-state index in [1.807, 2.05) is 0 Å². The third-order valence-electron chi connectivity index (χ3n) is 1.29. The van der Waals surface area contributed by atoms with Gasteiger partial charge in [-0.25, -0.2) is 8.78 Å². The van der Waals surface area contributed by atoms with Gasteiger partial charge in [0.05, 0.1) is 0 Å². The fraction of sp³-hybridized carbons (Fsp3) is 0.222. The summed E-state index contributed by atoms with van der Waals surface area (Å²) in [6.45, 7) is 1.29. The minimum atomic E-state index is -0.632. The van der Waals surface area contributed by atoms with Crippen LogP contribution in [0.3, 0.4) is 0 Å². The van der Waals surface area contributed by atoms with Crippen LogP contribution in [0.4, 0.5) is 8.78 Å². The van der Waals surface area contributed by atoms with Crippen LogP contribution in [-0.4, -0.2) is 13.9 Å². The SMILES string of the molecule is COCO[CH]c1cc(F)cc(F)c1. The number of hydrogen-bond donors (Lipinski definition) is 0. The van der Waals surface area contributed by atoms with Crippen LogP contribution in [0.25, 0.3) is 0 Å². The number of hydrogen-bond acceptors (Lipinski definition) is 2. The van der Waals surface area contributed by atoms with Gasteiger partial charge in [0, 0.05) is 13.2 Å². The van der Waals surface area contributed by atoms with Crippen LogP contribution >= 0.6 is 0 Å². The molecule has 0 fully saturated rings. The lowest BCUT2D eigenvalue weighted by atomic mass is 10.2. The average Bonchev–Trinajstić information content (AvgIpc) is 2.03. The van der Waals surface area contributed by atoms with Crippen molar-refractivity contribution in [3.05, 3.63) is 42.0 Å². The Kier molecular flexibility index (Phi) is 3.79. The maximum Gasteiger partial charge on any atom is 0.147 e. The fourth-order valence-corrected chi connectivity index (χ4v) is 0.841. The Hall–Kier alpha value is -1.00. The summed E-state index contributed by atoms with van der Waals surface area (Å²) in [6.07, 6.45) is 0. The second-order valence-corrected chi connectivity index (χ2v) is 2.39. The molecule has 0 aliphatic carbocycles. The summed E-state index contributed by atoms with van der Waals surface area (Å²) in [5.74, 6) is -1.26. The number of methoxy groups -OCH3 is 1. The molecular weight excluding hydrogens is 178 g/mol. The third kappa shape index (κ3) is 3.48. The number of ether oxygens (including phenoxy) is 2. The third-order valence-corrected chi connectivity index (χ3v) is 1.29. The normalized spacial score (nSPS) is 10.4. The summed E-state index contributed by atoms with van der Waals surface area (Å²) >= 11 is 0. The van der Waals surface area contributed by atoms with Crippen molar-refractivity contribution in [2.24, 2.45) is 0 Å². The van der Waals surface area contributed by atoms with Gasteiger partial charge in [-0.3, -0.25) is 0 Å². The topological polar surface area (TPSA) is 18.5 Å². The van der Waals surface area contributed by atoms with Crippen molar-refractivity contribution in [2.75, 3.05) is 13.9 Å². The molecule has 0 amide bonds. The highest BCUT2D eigenvalue weighted by Gasteiger charge is 2.00. The molecule has 0 aliphatic rings. The quantitative estimate of drug-likeness (QED) is 0.530. The maximum absolute atomic E-state index is 12.6. The van der Waals surface area contributed by atoms with E-state index in [4.69, 9.17) is 4.74 Å². The lowest BCUT2D eigenvalue weighted by molar-refractivity contribution is 0.00454. The lowest BCUT2D eigenvalue weighted by Crippen LogP contribution is -1.95. The highest BCUT2D eigenvalue weighted by molar-refractivity contribution is 5.22. The van der Waals surface area contributed by atoms with Gasteiger partial charge < -0.3 is 9.47 Å². The molecule has 1 aromatic rings. The summed E-state index contributed by atoms with van der Waals surface area (Å²) in [6, 6.07) is 3.13. The van der Waals surface area contributed by atoms with Gasteiger partial charge in [0.25, 0.3) is 0 Å². The molecule has 0 saturated carbocycles. The van der Waals surface area contributed by atoms with Crippen LogP contribution in [0.15, 0.2) is 18.2 Å². The van der Waals surface area contributed by atoms with Gasteiger partial charge in [-0.1, -0.05) is 0 Å². The molecule has 0 aromatic heterocycles. The average molecular weight is 187 g/mol. The molecule has 1 radical (unpaired) electrons. The fourth-order valence-electron chi connectivity index (χ4n) is 0.841. The summed E-state index contributed by atoms with van der Waals surface area (Å²) in [5.41, 5.74) is 0.328. The standard InChI is InChI=1S/C9H9F2O2/c1-12-6-13-5-7-2-8(10)4-9(11)3-7/h2-5H,6H2,1H3. The van der Waals surface area contributed by atoms with Gasteiger partial charge in [-0.2, -0.15) is 0 Å². The van der Waals surface area contributed by atoms with Crippen LogP contribution in [0.1, 0.15) is 5.56 Å². The van der Waals surface area contributed by atoms with E-state index in [1.165, 1.54) is 25.8 Å². The molecule has 2 nitrogen and oxygen atoms in total. The van der Waals surface area contributed by atoms with E-state index in [0.717, 1.165) is 6.07 Å². The van der Waals surface area contributed by atoms with E-state index in [9.17, 15) is 8.78 Å². The van der Waals surface area contributed by atoms with Gasteiger partial charge in [-0.05, 0) is 17.7 Å². The first kappa shape index (κ1) is 10.1. The molecular formula is C9H9F2O2. The van der Waals surface area contributed by atoms with E-state index in [-0.39, 0.29) is 6.79 Å². The van der Waals surface area contributed by atoms with Gasteiger partial charge in [0.1, 0.15) is 25.0 Å². The number of rotatable bonds is 4. The van der Waals surface area contributed by atoms with E-state index < -0.39 is 11.6 Å². The Labute approximate surface area is 75.1 Å². The Balaban J connectivity index is 2.56. The second kappa shape index (κ2) is 4.89. The van der Waals surface area contributed by atoms with Gasteiger partial charge in [0.15, 0.2) is 0 Å². The predicted molar refractivity (Wildman–Crippen MR) is 42.7 cm³/mol. The highest BCUT2D eigenvalue weighted by Crippen LogP contribution is 2.09. The monoisotopic (exact) mass is 187 g/mol.